The number of aliphatic hydroxyl groups is 2. The molecule has 31 heavy (non-hydrogen) atoms. The van der Waals surface area contributed by atoms with Gasteiger partial charge >= 0.3 is 12.2 Å². The van der Waals surface area contributed by atoms with Crippen molar-refractivity contribution in [3.63, 3.8) is 0 Å². The summed E-state index contributed by atoms with van der Waals surface area (Å²) in [6.45, 7) is 3.91. The van der Waals surface area contributed by atoms with Crippen LogP contribution in [0.2, 0.25) is 0 Å². The molecule has 3 heterocycles. The molecule has 0 amide bonds. The van der Waals surface area contributed by atoms with Crippen LogP contribution in [0.5, 0.6) is 6.01 Å². The van der Waals surface area contributed by atoms with E-state index in [-0.39, 0.29) is 25.0 Å². The molecule has 1 aliphatic rings. The highest BCUT2D eigenvalue weighted by Crippen LogP contribution is 2.28. The standard InChI is InChI=1S/C19H24F3N5O4/c1-10(2)5-11-3-4-24-18(25-11)31-9-13-17(29)16(28)12(8-30-13)26-15-7-23-6-14(27-15)19(20,21)22/h3-4,6-7,10,12-13,16-17,28-29H,5,8-9H2,1-2H3,(H,26,27)/t12-,13+,16+,17-/m0/s1. The van der Waals surface area contributed by atoms with Crippen LogP contribution in [0, 0.1) is 5.92 Å². The van der Waals surface area contributed by atoms with E-state index in [4.69, 9.17) is 9.47 Å². The van der Waals surface area contributed by atoms with Gasteiger partial charge in [0.05, 0.1) is 25.0 Å². The van der Waals surface area contributed by atoms with Crippen LogP contribution in [-0.2, 0) is 17.3 Å². The minimum absolute atomic E-state index is 0.0988. The number of ether oxygens (including phenoxy) is 2. The number of hydrogen-bond acceptors (Lipinski definition) is 9. The number of nitrogens with zero attached hydrogens (tertiary/aromatic N) is 4. The van der Waals surface area contributed by atoms with Crippen LogP contribution >= 0.6 is 0 Å². The first-order chi connectivity index (χ1) is 14.6. The molecule has 0 spiro atoms. The lowest BCUT2D eigenvalue weighted by Gasteiger charge is -2.37. The third kappa shape index (κ3) is 6.21. The van der Waals surface area contributed by atoms with Crippen molar-refractivity contribution >= 4 is 5.82 Å². The normalized spacial score (nSPS) is 24.3. The van der Waals surface area contributed by atoms with Gasteiger partial charge in [-0.05, 0) is 18.4 Å². The topological polar surface area (TPSA) is 123 Å². The lowest BCUT2D eigenvalue weighted by Crippen LogP contribution is -2.57. The minimum atomic E-state index is -4.65. The minimum Gasteiger partial charge on any atom is -0.461 e. The van der Waals surface area contributed by atoms with E-state index in [1.54, 1.807) is 12.3 Å². The Hall–Kier alpha value is -2.57. The van der Waals surface area contributed by atoms with Crippen molar-refractivity contribution < 1.29 is 32.9 Å². The fourth-order valence-corrected chi connectivity index (χ4v) is 3.05. The van der Waals surface area contributed by atoms with Gasteiger partial charge in [0.25, 0.3) is 0 Å². The van der Waals surface area contributed by atoms with E-state index in [0.717, 1.165) is 18.3 Å². The zero-order chi connectivity index (χ0) is 22.6. The van der Waals surface area contributed by atoms with Gasteiger partial charge in [0.2, 0.25) is 0 Å². The van der Waals surface area contributed by atoms with Crippen molar-refractivity contribution in [2.45, 2.75) is 50.8 Å². The fourth-order valence-electron chi connectivity index (χ4n) is 3.05. The van der Waals surface area contributed by atoms with E-state index < -0.39 is 36.2 Å². The maximum Gasteiger partial charge on any atom is 0.434 e. The number of nitrogens with one attached hydrogen (secondary N) is 1. The average Bonchev–Trinajstić information content (AvgIpc) is 2.70. The summed E-state index contributed by atoms with van der Waals surface area (Å²) in [4.78, 5) is 15.2. The van der Waals surface area contributed by atoms with E-state index in [9.17, 15) is 23.4 Å². The van der Waals surface area contributed by atoms with Gasteiger partial charge in [0, 0.05) is 11.9 Å². The molecule has 2 aromatic heterocycles. The summed E-state index contributed by atoms with van der Waals surface area (Å²) in [6, 6.07) is 1.02. The van der Waals surface area contributed by atoms with E-state index in [1.165, 1.54) is 0 Å². The monoisotopic (exact) mass is 443 g/mol. The molecule has 0 bridgehead atoms. The lowest BCUT2D eigenvalue weighted by molar-refractivity contribution is -0.150. The number of aromatic nitrogens is 4. The smallest absolute Gasteiger partial charge is 0.434 e. The summed E-state index contributed by atoms with van der Waals surface area (Å²) >= 11 is 0. The molecule has 170 valence electrons. The second-order valence-electron chi connectivity index (χ2n) is 7.63. The predicted octanol–water partition coefficient (Wildman–Crippen LogP) is 1.46. The highest BCUT2D eigenvalue weighted by Gasteiger charge is 2.39. The van der Waals surface area contributed by atoms with Crippen LogP contribution in [0.4, 0.5) is 19.0 Å². The number of hydrogen-bond donors (Lipinski definition) is 3. The Bertz CT molecular complexity index is 870. The molecular weight excluding hydrogens is 419 g/mol. The van der Waals surface area contributed by atoms with Crippen LogP contribution in [0.15, 0.2) is 24.7 Å². The first-order valence-corrected chi connectivity index (χ1v) is 9.71. The SMILES string of the molecule is CC(C)Cc1ccnc(OC[C@H]2OC[C@H](Nc3cncc(C(F)(F)F)n3)[C@@H](O)[C@H]2O)n1. The molecule has 4 atom stereocenters. The molecule has 0 radical (unpaired) electrons. The van der Waals surface area contributed by atoms with E-state index in [0.29, 0.717) is 12.1 Å². The summed E-state index contributed by atoms with van der Waals surface area (Å²) in [6.07, 6.45) is -4.21. The molecule has 3 rings (SSSR count). The fraction of sp³-hybridized carbons (Fsp3) is 0.579. The van der Waals surface area contributed by atoms with Crippen LogP contribution in [0.25, 0.3) is 0 Å². The Kier molecular flexibility index (Phi) is 7.23. The molecule has 1 saturated heterocycles. The maximum atomic E-state index is 12.8. The second-order valence-corrected chi connectivity index (χ2v) is 7.63. The van der Waals surface area contributed by atoms with Gasteiger partial charge < -0.3 is 25.0 Å². The number of alkyl halides is 3. The van der Waals surface area contributed by atoms with E-state index in [2.05, 4.69) is 39.1 Å². The van der Waals surface area contributed by atoms with Crippen molar-refractivity contribution in [2.24, 2.45) is 5.92 Å². The van der Waals surface area contributed by atoms with Crippen molar-refractivity contribution in [1.29, 1.82) is 0 Å². The molecule has 12 heteroatoms. The lowest BCUT2D eigenvalue weighted by atomic mass is 9.98. The Morgan fingerprint density at radius 1 is 1.23 bits per heavy atom. The Morgan fingerprint density at radius 2 is 2.00 bits per heavy atom. The van der Waals surface area contributed by atoms with Gasteiger partial charge in [-0.3, -0.25) is 4.98 Å². The number of rotatable bonds is 7. The molecule has 0 aromatic carbocycles. The summed E-state index contributed by atoms with van der Waals surface area (Å²) in [5.41, 5.74) is -0.355. The molecular formula is C19H24F3N5O4. The van der Waals surface area contributed by atoms with Crippen molar-refractivity contribution in [2.75, 3.05) is 18.5 Å². The van der Waals surface area contributed by atoms with Gasteiger partial charge in [-0.15, -0.1) is 0 Å². The second kappa shape index (κ2) is 9.71. The van der Waals surface area contributed by atoms with Crippen molar-refractivity contribution in [3.05, 3.63) is 36.0 Å². The molecule has 1 aliphatic heterocycles. The zero-order valence-electron chi connectivity index (χ0n) is 17.0. The molecule has 0 unspecified atom stereocenters. The van der Waals surface area contributed by atoms with Gasteiger partial charge in [0.1, 0.15) is 30.7 Å². The maximum absolute atomic E-state index is 12.8. The number of anilines is 1. The summed E-state index contributed by atoms with van der Waals surface area (Å²) < 4.78 is 49.4. The third-order valence-corrected chi connectivity index (χ3v) is 4.58. The van der Waals surface area contributed by atoms with Gasteiger partial charge in [-0.2, -0.15) is 13.2 Å². The van der Waals surface area contributed by atoms with Crippen molar-refractivity contribution in [3.8, 4) is 6.01 Å². The van der Waals surface area contributed by atoms with E-state index >= 15 is 0 Å². The quantitative estimate of drug-likeness (QED) is 0.584. The van der Waals surface area contributed by atoms with Crippen LogP contribution in [0.1, 0.15) is 25.2 Å². The number of aliphatic hydroxyl groups excluding tert-OH is 2. The highest BCUT2D eigenvalue weighted by atomic mass is 19.4. The Morgan fingerprint density at radius 3 is 2.71 bits per heavy atom. The molecule has 0 saturated carbocycles. The molecule has 2 aromatic rings. The third-order valence-electron chi connectivity index (χ3n) is 4.58. The van der Waals surface area contributed by atoms with Crippen LogP contribution < -0.4 is 10.1 Å². The summed E-state index contributed by atoms with van der Waals surface area (Å²) in [5.74, 6) is 0.215. The van der Waals surface area contributed by atoms with Gasteiger partial charge in [-0.1, -0.05) is 13.8 Å². The van der Waals surface area contributed by atoms with Crippen molar-refractivity contribution in [1.82, 2.24) is 19.9 Å². The summed E-state index contributed by atoms with van der Waals surface area (Å²) in [7, 11) is 0. The Labute approximate surface area is 176 Å². The first kappa shape index (κ1) is 23.1. The largest absolute Gasteiger partial charge is 0.461 e. The van der Waals surface area contributed by atoms with Crippen LogP contribution in [0.3, 0.4) is 0 Å². The van der Waals surface area contributed by atoms with E-state index in [1.807, 2.05) is 0 Å². The van der Waals surface area contributed by atoms with Gasteiger partial charge in [-0.25, -0.2) is 15.0 Å². The number of halogens is 3. The zero-order valence-corrected chi connectivity index (χ0v) is 17.0. The summed E-state index contributed by atoms with van der Waals surface area (Å²) in [5, 5.41) is 23.4. The highest BCUT2D eigenvalue weighted by molar-refractivity contribution is 5.34. The molecule has 3 N–H and O–H groups in total. The van der Waals surface area contributed by atoms with Gasteiger partial charge in [0.15, 0.2) is 5.69 Å². The predicted molar refractivity (Wildman–Crippen MR) is 102 cm³/mol. The molecule has 1 fully saturated rings. The Balaban J connectivity index is 1.57. The first-order valence-electron chi connectivity index (χ1n) is 9.71. The average molecular weight is 443 g/mol. The molecule has 0 aliphatic carbocycles. The molecule has 9 nitrogen and oxygen atoms in total. The van der Waals surface area contributed by atoms with Crippen LogP contribution in [-0.4, -0.2) is 67.7 Å².